The van der Waals surface area contributed by atoms with E-state index in [0.29, 0.717) is 23.4 Å². The lowest BCUT2D eigenvalue weighted by atomic mass is 10.0. The second-order valence-corrected chi connectivity index (χ2v) is 8.88. The summed E-state index contributed by atoms with van der Waals surface area (Å²) in [5.41, 5.74) is -0.343. The number of amides is 1. The molecule has 0 fully saturated rings. The third-order valence-electron chi connectivity index (χ3n) is 6.29. The van der Waals surface area contributed by atoms with E-state index >= 15 is 0 Å². The summed E-state index contributed by atoms with van der Waals surface area (Å²) < 4.78 is 90.9. The van der Waals surface area contributed by atoms with Crippen molar-refractivity contribution in [3.05, 3.63) is 63.7 Å². The van der Waals surface area contributed by atoms with Gasteiger partial charge >= 0.3 is 18.4 Å². The molecule has 1 aliphatic rings. The van der Waals surface area contributed by atoms with Gasteiger partial charge in [-0.2, -0.15) is 26.3 Å². The maximum absolute atomic E-state index is 13.3. The number of nitrogens with zero attached hydrogens (tertiary/aromatic N) is 1. The van der Waals surface area contributed by atoms with Gasteiger partial charge in [-0.25, -0.2) is 4.79 Å². The number of aryl methyl sites for hydroxylation is 2. The number of carbonyl (C=O) groups excluding carboxylic acids is 1. The predicted octanol–water partition coefficient (Wildman–Crippen LogP) is 7.55. The average molecular weight is 518 g/mol. The molecule has 0 unspecified atom stereocenters. The van der Waals surface area contributed by atoms with Crippen LogP contribution < -0.4 is 4.74 Å². The fraction of sp³-hybridized carbons (Fsp3) is 0.500. The van der Waals surface area contributed by atoms with Gasteiger partial charge in [0, 0.05) is 12.1 Å². The zero-order valence-electron chi connectivity index (χ0n) is 20.4. The summed E-state index contributed by atoms with van der Waals surface area (Å²) in [5, 5.41) is 0. The number of benzene rings is 2. The highest BCUT2D eigenvalue weighted by Gasteiger charge is 2.37. The van der Waals surface area contributed by atoms with Crippen molar-refractivity contribution >= 4 is 6.09 Å². The van der Waals surface area contributed by atoms with E-state index in [1.54, 1.807) is 0 Å². The van der Waals surface area contributed by atoms with Gasteiger partial charge in [-0.05, 0) is 73.1 Å². The van der Waals surface area contributed by atoms with Gasteiger partial charge in [0.15, 0.2) is 0 Å². The van der Waals surface area contributed by atoms with Gasteiger partial charge in [0.05, 0.1) is 30.9 Å². The smallest absolute Gasteiger partial charge is 0.416 e. The molecule has 0 aliphatic heterocycles. The largest absolute Gasteiger partial charge is 0.490 e. The summed E-state index contributed by atoms with van der Waals surface area (Å²) in [4.78, 5) is 13.7. The second kappa shape index (κ2) is 11.0. The van der Waals surface area contributed by atoms with Gasteiger partial charge in [0.1, 0.15) is 5.75 Å². The van der Waals surface area contributed by atoms with E-state index in [-0.39, 0.29) is 24.3 Å². The first-order valence-electron chi connectivity index (χ1n) is 11.8. The molecule has 1 aliphatic carbocycles. The molecule has 2 aromatic carbocycles. The fourth-order valence-electron chi connectivity index (χ4n) is 4.37. The summed E-state index contributed by atoms with van der Waals surface area (Å²) in [6.45, 7) is 3.34. The molecule has 3 rings (SSSR count). The first kappa shape index (κ1) is 27.7. The van der Waals surface area contributed by atoms with Crippen LogP contribution >= 0.6 is 0 Å². The third kappa shape index (κ3) is 6.64. The minimum atomic E-state index is -4.98. The SMILES string of the molecule is CCC(CC)Oc1cc2c(cc1CN(Cc1cc(C(F)(F)F)cc(C(F)(F)F)c1)C(=O)OC)CCC2. The van der Waals surface area contributed by atoms with E-state index in [4.69, 9.17) is 9.47 Å². The van der Waals surface area contributed by atoms with Crippen LogP contribution in [0.2, 0.25) is 0 Å². The summed E-state index contributed by atoms with van der Waals surface area (Å²) in [6, 6.07) is 5.14. The van der Waals surface area contributed by atoms with E-state index in [0.717, 1.165) is 55.2 Å². The van der Waals surface area contributed by atoms with Crippen LogP contribution in [0.4, 0.5) is 31.1 Å². The third-order valence-corrected chi connectivity index (χ3v) is 6.29. The lowest BCUT2D eigenvalue weighted by Crippen LogP contribution is -2.30. The first-order chi connectivity index (χ1) is 16.8. The minimum absolute atomic E-state index is 0.0636. The molecule has 4 nitrogen and oxygen atoms in total. The molecule has 0 heterocycles. The Balaban J connectivity index is 2.00. The molecule has 0 atom stereocenters. The van der Waals surface area contributed by atoms with Crippen LogP contribution in [0, 0.1) is 0 Å². The molecule has 0 aromatic heterocycles. The topological polar surface area (TPSA) is 38.8 Å². The maximum atomic E-state index is 13.3. The number of ether oxygens (including phenoxy) is 2. The monoisotopic (exact) mass is 517 g/mol. The molecule has 1 amide bonds. The molecule has 2 aromatic rings. The van der Waals surface area contributed by atoms with Crippen LogP contribution in [0.25, 0.3) is 0 Å². The zero-order valence-corrected chi connectivity index (χ0v) is 20.4. The van der Waals surface area contributed by atoms with Crippen LogP contribution in [0.5, 0.6) is 5.75 Å². The molecular weight excluding hydrogens is 488 g/mol. The Bertz CT molecular complexity index is 1040. The number of carbonyl (C=O) groups is 1. The van der Waals surface area contributed by atoms with E-state index in [1.165, 1.54) is 0 Å². The molecule has 0 saturated carbocycles. The lowest BCUT2D eigenvalue weighted by Gasteiger charge is -2.25. The van der Waals surface area contributed by atoms with Gasteiger partial charge in [-0.3, -0.25) is 4.90 Å². The lowest BCUT2D eigenvalue weighted by molar-refractivity contribution is -0.143. The van der Waals surface area contributed by atoms with E-state index in [9.17, 15) is 31.1 Å². The number of rotatable bonds is 8. The van der Waals surface area contributed by atoms with Crippen LogP contribution in [-0.2, 0) is 43.0 Å². The zero-order chi connectivity index (χ0) is 26.7. The van der Waals surface area contributed by atoms with Crippen LogP contribution in [0.1, 0.15) is 66.5 Å². The molecule has 0 N–H and O–H groups in total. The number of hydrogen-bond donors (Lipinski definition) is 0. The van der Waals surface area contributed by atoms with Crippen LogP contribution in [-0.4, -0.2) is 24.2 Å². The molecule has 0 radical (unpaired) electrons. The highest BCUT2D eigenvalue weighted by Crippen LogP contribution is 2.37. The van der Waals surface area contributed by atoms with Crippen molar-refractivity contribution in [2.75, 3.05) is 7.11 Å². The van der Waals surface area contributed by atoms with Crippen molar-refractivity contribution in [2.24, 2.45) is 0 Å². The molecule has 36 heavy (non-hydrogen) atoms. The summed E-state index contributed by atoms with van der Waals surface area (Å²) in [5.74, 6) is 0.554. The predicted molar refractivity (Wildman–Crippen MR) is 122 cm³/mol. The number of fused-ring (bicyclic) bond motifs is 1. The van der Waals surface area contributed by atoms with Crippen molar-refractivity contribution in [1.29, 1.82) is 0 Å². The first-order valence-corrected chi connectivity index (χ1v) is 11.8. The normalized spacial score (nSPS) is 13.6. The highest BCUT2D eigenvalue weighted by molar-refractivity contribution is 5.68. The van der Waals surface area contributed by atoms with Gasteiger partial charge in [0.25, 0.3) is 0 Å². The second-order valence-electron chi connectivity index (χ2n) is 8.88. The van der Waals surface area contributed by atoms with Crippen LogP contribution in [0.15, 0.2) is 30.3 Å². The molecule has 0 saturated heterocycles. The van der Waals surface area contributed by atoms with Crippen molar-refractivity contribution in [2.45, 2.75) is 77.5 Å². The van der Waals surface area contributed by atoms with E-state index < -0.39 is 36.1 Å². The van der Waals surface area contributed by atoms with E-state index in [2.05, 4.69) is 0 Å². The number of halogens is 6. The number of alkyl halides is 6. The number of hydrogen-bond acceptors (Lipinski definition) is 3. The van der Waals surface area contributed by atoms with Gasteiger partial charge in [0.2, 0.25) is 0 Å². The van der Waals surface area contributed by atoms with Crippen molar-refractivity contribution in [3.63, 3.8) is 0 Å². The molecular formula is C26H29F6NO3. The molecule has 0 bridgehead atoms. The Morgan fingerprint density at radius 1 is 0.889 bits per heavy atom. The Kier molecular flexibility index (Phi) is 8.46. The van der Waals surface area contributed by atoms with Gasteiger partial charge < -0.3 is 9.47 Å². The van der Waals surface area contributed by atoms with Crippen molar-refractivity contribution in [3.8, 4) is 5.75 Å². The minimum Gasteiger partial charge on any atom is -0.490 e. The molecule has 0 spiro atoms. The fourth-order valence-corrected chi connectivity index (χ4v) is 4.37. The molecule has 198 valence electrons. The highest BCUT2D eigenvalue weighted by atomic mass is 19.4. The van der Waals surface area contributed by atoms with Crippen molar-refractivity contribution in [1.82, 2.24) is 4.90 Å². The standard InChI is InChI=1S/C26H29F6NO3/c1-4-22(5-2)36-23-12-18-8-6-7-17(18)11-19(23)15-33(24(34)35-3)14-16-9-20(25(27,28)29)13-21(10-16)26(30,31)32/h9-13,22H,4-8,14-15H2,1-3H3. The summed E-state index contributed by atoms with van der Waals surface area (Å²) in [6.07, 6.45) is -6.73. The Morgan fingerprint density at radius 3 is 1.94 bits per heavy atom. The quantitative estimate of drug-likeness (QED) is 0.340. The summed E-state index contributed by atoms with van der Waals surface area (Å²) in [7, 11) is 1.10. The van der Waals surface area contributed by atoms with Gasteiger partial charge in [-0.15, -0.1) is 0 Å². The van der Waals surface area contributed by atoms with Crippen molar-refractivity contribution < 1.29 is 40.6 Å². The Labute approximate surface area is 206 Å². The maximum Gasteiger partial charge on any atom is 0.416 e. The molecule has 10 heteroatoms. The Hall–Kier alpha value is -2.91. The van der Waals surface area contributed by atoms with Gasteiger partial charge in [-0.1, -0.05) is 19.9 Å². The Morgan fingerprint density at radius 2 is 1.44 bits per heavy atom. The number of methoxy groups -OCH3 is 1. The summed E-state index contributed by atoms with van der Waals surface area (Å²) >= 11 is 0. The average Bonchev–Trinajstić information content (AvgIpc) is 3.27. The van der Waals surface area contributed by atoms with Crippen LogP contribution in [0.3, 0.4) is 0 Å². The van der Waals surface area contributed by atoms with E-state index in [1.807, 2.05) is 26.0 Å².